The van der Waals surface area contributed by atoms with Crippen LogP contribution in [0.3, 0.4) is 0 Å². The summed E-state index contributed by atoms with van der Waals surface area (Å²) in [6, 6.07) is 4.78. The van der Waals surface area contributed by atoms with E-state index in [9.17, 15) is 4.79 Å². The van der Waals surface area contributed by atoms with Gasteiger partial charge >= 0.3 is 6.03 Å². The maximum atomic E-state index is 12.1. The summed E-state index contributed by atoms with van der Waals surface area (Å²) in [4.78, 5) is 13.6. The second-order valence-electron chi connectivity index (χ2n) is 3.94. The third kappa shape index (κ3) is 4.43. The maximum absolute atomic E-state index is 12.1. The van der Waals surface area contributed by atoms with Crippen molar-refractivity contribution in [3.05, 3.63) is 35.9 Å². The van der Waals surface area contributed by atoms with Gasteiger partial charge in [0.2, 0.25) is 0 Å². The molecule has 0 spiro atoms. The lowest BCUT2D eigenvalue weighted by molar-refractivity contribution is 0.195. The second-order valence-corrected chi connectivity index (χ2v) is 4.35. The topological polar surface area (TPSA) is 61.8 Å². The molecule has 0 aliphatic rings. The molecule has 0 atom stereocenters. The second kappa shape index (κ2) is 8.45. The van der Waals surface area contributed by atoms with Crippen molar-refractivity contribution < 1.29 is 14.6 Å². The Labute approximate surface area is 123 Å². The van der Waals surface area contributed by atoms with Crippen LogP contribution in [-0.4, -0.2) is 42.3 Å². The van der Waals surface area contributed by atoms with Gasteiger partial charge in [-0.3, -0.25) is 0 Å². The smallest absolute Gasteiger partial charge is 0.322 e. The number of aliphatic hydroxyl groups is 1. The van der Waals surface area contributed by atoms with E-state index in [4.69, 9.17) is 21.4 Å². The van der Waals surface area contributed by atoms with E-state index >= 15 is 0 Å². The zero-order valence-electron chi connectivity index (χ0n) is 11.4. The number of aliphatic hydroxyl groups excluding tert-OH is 1. The summed E-state index contributed by atoms with van der Waals surface area (Å²) >= 11 is 6.05. The van der Waals surface area contributed by atoms with Crippen LogP contribution in [0.1, 0.15) is 6.92 Å². The molecule has 0 fully saturated rings. The van der Waals surface area contributed by atoms with Crippen molar-refractivity contribution in [1.29, 1.82) is 0 Å². The minimum Gasteiger partial charge on any atom is -0.490 e. The number of anilines is 1. The van der Waals surface area contributed by atoms with Gasteiger partial charge in [-0.1, -0.05) is 23.7 Å². The van der Waals surface area contributed by atoms with Crippen LogP contribution in [0, 0.1) is 0 Å². The van der Waals surface area contributed by atoms with Gasteiger partial charge in [-0.2, -0.15) is 0 Å². The van der Waals surface area contributed by atoms with E-state index in [1.807, 2.05) is 6.92 Å². The number of hydrogen-bond acceptors (Lipinski definition) is 3. The predicted octanol–water partition coefficient (Wildman–Crippen LogP) is 2.75. The molecule has 5 nitrogen and oxygen atoms in total. The number of amides is 2. The quantitative estimate of drug-likeness (QED) is 0.761. The molecule has 1 aromatic carbocycles. The fraction of sp³-hybridized carbons (Fsp3) is 0.357. The summed E-state index contributed by atoms with van der Waals surface area (Å²) in [6.45, 7) is 6.32. The van der Waals surface area contributed by atoms with E-state index < -0.39 is 0 Å². The fourth-order valence-corrected chi connectivity index (χ4v) is 1.87. The largest absolute Gasteiger partial charge is 0.490 e. The van der Waals surface area contributed by atoms with E-state index in [0.29, 0.717) is 29.6 Å². The predicted molar refractivity (Wildman–Crippen MR) is 80.5 cm³/mol. The monoisotopic (exact) mass is 298 g/mol. The first kappa shape index (κ1) is 16.3. The number of nitrogens with zero attached hydrogens (tertiary/aromatic N) is 1. The summed E-state index contributed by atoms with van der Waals surface area (Å²) in [7, 11) is 0. The van der Waals surface area contributed by atoms with Crippen LogP contribution in [0.25, 0.3) is 0 Å². The summed E-state index contributed by atoms with van der Waals surface area (Å²) in [5.74, 6) is 0.438. The minimum absolute atomic E-state index is 0.116. The Morgan fingerprint density at radius 3 is 2.95 bits per heavy atom. The number of benzene rings is 1. The van der Waals surface area contributed by atoms with Crippen molar-refractivity contribution in [2.75, 3.05) is 31.6 Å². The van der Waals surface area contributed by atoms with Gasteiger partial charge in [0.05, 0.1) is 23.9 Å². The summed E-state index contributed by atoms with van der Waals surface area (Å²) in [5.41, 5.74) is 0.497. The molecule has 2 amide bonds. The van der Waals surface area contributed by atoms with Crippen molar-refractivity contribution in [3.8, 4) is 5.75 Å². The minimum atomic E-state index is -0.345. The van der Waals surface area contributed by atoms with E-state index in [1.54, 1.807) is 24.3 Å². The number of ether oxygens (including phenoxy) is 1. The van der Waals surface area contributed by atoms with Crippen LogP contribution in [0.5, 0.6) is 5.75 Å². The lowest BCUT2D eigenvalue weighted by Crippen LogP contribution is -2.37. The lowest BCUT2D eigenvalue weighted by Gasteiger charge is -2.21. The maximum Gasteiger partial charge on any atom is 0.322 e. The van der Waals surface area contributed by atoms with E-state index in [0.717, 1.165) is 0 Å². The van der Waals surface area contributed by atoms with E-state index in [-0.39, 0.29) is 19.2 Å². The van der Waals surface area contributed by atoms with Gasteiger partial charge in [-0.05, 0) is 19.1 Å². The highest BCUT2D eigenvalue weighted by molar-refractivity contribution is 6.32. The highest BCUT2D eigenvalue weighted by Gasteiger charge is 2.15. The molecule has 0 unspecified atom stereocenters. The van der Waals surface area contributed by atoms with Gasteiger partial charge in [0, 0.05) is 13.1 Å². The molecule has 0 bridgehead atoms. The lowest BCUT2D eigenvalue weighted by atomic mass is 10.3. The van der Waals surface area contributed by atoms with Crippen LogP contribution in [0.4, 0.5) is 10.5 Å². The van der Waals surface area contributed by atoms with Crippen LogP contribution < -0.4 is 10.1 Å². The van der Waals surface area contributed by atoms with E-state index in [2.05, 4.69) is 11.9 Å². The molecular formula is C14H19ClN2O3. The molecule has 0 heterocycles. The molecule has 1 aromatic rings. The zero-order chi connectivity index (χ0) is 15.0. The highest BCUT2D eigenvalue weighted by Crippen LogP contribution is 2.33. The average Bonchev–Trinajstić information content (AvgIpc) is 2.42. The third-order valence-corrected chi connectivity index (χ3v) is 2.80. The summed E-state index contributed by atoms with van der Waals surface area (Å²) in [5, 5.41) is 12.1. The van der Waals surface area contributed by atoms with Crippen molar-refractivity contribution in [2.45, 2.75) is 6.92 Å². The number of para-hydroxylation sites is 1. The Morgan fingerprint density at radius 1 is 1.60 bits per heavy atom. The van der Waals surface area contributed by atoms with Gasteiger partial charge in [0.1, 0.15) is 0 Å². The number of carbonyl (C=O) groups excluding carboxylic acids is 1. The Kier molecular flexibility index (Phi) is 6.90. The van der Waals surface area contributed by atoms with Gasteiger partial charge in [0.25, 0.3) is 0 Å². The Hall–Kier alpha value is -1.72. The van der Waals surface area contributed by atoms with Gasteiger partial charge < -0.3 is 20.1 Å². The summed E-state index contributed by atoms with van der Waals surface area (Å²) < 4.78 is 5.43. The number of carbonyl (C=O) groups is 1. The van der Waals surface area contributed by atoms with Crippen molar-refractivity contribution in [1.82, 2.24) is 4.90 Å². The first-order chi connectivity index (χ1) is 9.63. The molecule has 110 valence electrons. The zero-order valence-corrected chi connectivity index (χ0v) is 12.2. The number of rotatable bonds is 7. The molecule has 0 aliphatic heterocycles. The molecule has 0 saturated carbocycles. The highest BCUT2D eigenvalue weighted by atomic mass is 35.5. The first-order valence-corrected chi connectivity index (χ1v) is 6.70. The summed E-state index contributed by atoms with van der Waals surface area (Å²) in [6.07, 6.45) is 1.59. The fourth-order valence-electron chi connectivity index (χ4n) is 1.64. The van der Waals surface area contributed by atoms with Crippen molar-refractivity contribution in [3.63, 3.8) is 0 Å². The molecule has 0 radical (unpaired) electrons. The molecule has 1 rings (SSSR count). The number of nitrogens with one attached hydrogen (secondary N) is 1. The van der Waals surface area contributed by atoms with Crippen LogP contribution >= 0.6 is 11.6 Å². The molecule has 0 aromatic heterocycles. The molecule has 2 N–H and O–H groups in total. The average molecular weight is 299 g/mol. The molecule has 6 heteroatoms. The third-order valence-electron chi connectivity index (χ3n) is 2.50. The number of urea groups is 1. The number of halogens is 1. The molecule has 0 aliphatic carbocycles. The first-order valence-electron chi connectivity index (χ1n) is 6.33. The molecule has 0 saturated heterocycles. The molecule has 20 heavy (non-hydrogen) atoms. The van der Waals surface area contributed by atoms with Crippen molar-refractivity contribution in [2.24, 2.45) is 0 Å². The standard InChI is InChI=1S/C14H19ClN2O3/c1-3-8-17(9-10-18)14(19)16-12-7-5-6-11(15)13(12)20-4-2/h3,5-7,18H,1,4,8-10H2,2H3,(H,16,19). The van der Waals surface area contributed by atoms with Crippen molar-refractivity contribution >= 4 is 23.3 Å². The Bertz CT molecular complexity index is 466. The normalized spacial score (nSPS) is 9.95. The van der Waals surface area contributed by atoms with Crippen LogP contribution in [-0.2, 0) is 0 Å². The van der Waals surface area contributed by atoms with Crippen LogP contribution in [0.2, 0.25) is 5.02 Å². The van der Waals surface area contributed by atoms with Gasteiger partial charge in [-0.25, -0.2) is 4.79 Å². The SMILES string of the molecule is C=CCN(CCO)C(=O)Nc1cccc(Cl)c1OCC. The Morgan fingerprint density at radius 2 is 2.35 bits per heavy atom. The van der Waals surface area contributed by atoms with Crippen LogP contribution in [0.15, 0.2) is 30.9 Å². The Balaban J connectivity index is 2.88. The molecular weight excluding hydrogens is 280 g/mol. The van der Waals surface area contributed by atoms with E-state index in [1.165, 1.54) is 4.90 Å². The number of hydrogen-bond donors (Lipinski definition) is 2. The van der Waals surface area contributed by atoms with Gasteiger partial charge in [0.15, 0.2) is 5.75 Å². The van der Waals surface area contributed by atoms with Gasteiger partial charge in [-0.15, -0.1) is 6.58 Å².